The first-order valence-corrected chi connectivity index (χ1v) is 9.01. The Morgan fingerprint density at radius 3 is 2.55 bits per heavy atom. The summed E-state index contributed by atoms with van der Waals surface area (Å²) in [5.74, 6) is 0.275. The zero-order valence-electron chi connectivity index (χ0n) is 16.0. The fourth-order valence-corrected chi connectivity index (χ4v) is 2.97. The molecule has 0 aliphatic rings. The smallest absolute Gasteiger partial charge is 0.253 e. The van der Waals surface area contributed by atoms with Gasteiger partial charge < -0.3 is 10.2 Å². The van der Waals surface area contributed by atoms with Gasteiger partial charge in [-0.1, -0.05) is 6.07 Å². The minimum Gasteiger partial charge on any atom is -0.363 e. The number of aromatic nitrogens is 4. The Morgan fingerprint density at radius 1 is 1.07 bits per heavy atom. The van der Waals surface area contributed by atoms with Crippen molar-refractivity contribution >= 4 is 22.6 Å². The monoisotopic (exact) mass is 390 g/mol. The van der Waals surface area contributed by atoms with Crippen molar-refractivity contribution in [3.8, 4) is 5.69 Å². The van der Waals surface area contributed by atoms with Gasteiger partial charge in [-0.2, -0.15) is 5.10 Å². The van der Waals surface area contributed by atoms with Gasteiger partial charge in [0, 0.05) is 38.4 Å². The summed E-state index contributed by atoms with van der Waals surface area (Å²) in [6.07, 6.45) is 6.50. The molecule has 0 aliphatic carbocycles. The number of benzene rings is 1. The maximum Gasteiger partial charge on any atom is 0.253 e. The average Bonchev–Trinajstić information content (AvgIpc) is 3.17. The molecule has 0 atom stereocenters. The maximum absolute atomic E-state index is 13.2. The molecule has 4 rings (SSSR count). The van der Waals surface area contributed by atoms with Crippen LogP contribution in [0.5, 0.6) is 0 Å². The van der Waals surface area contributed by atoms with Gasteiger partial charge in [-0.05, 0) is 35.9 Å². The van der Waals surface area contributed by atoms with Gasteiger partial charge in [0.05, 0.1) is 29.2 Å². The first-order chi connectivity index (χ1) is 14.0. The zero-order chi connectivity index (χ0) is 20.4. The van der Waals surface area contributed by atoms with E-state index in [1.54, 1.807) is 35.4 Å². The first-order valence-electron chi connectivity index (χ1n) is 9.01. The predicted molar refractivity (Wildman–Crippen MR) is 109 cm³/mol. The van der Waals surface area contributed by atoms with Crippen LogP contribution in [-0.4, -0.2) is 39.8 Å². The zero-order valence-corrected chi connectivity index (χ0v) is 16.0. The van der Waals surface area contributed by atoms with E-state index in [9.17, 15) is 9.18 Å². The van der Waals surface area contributed by atoms with Crippen molar-refractivity contribution in [2.45, 2.75) is 6.54 Å². The highest BCUT2D eigenvalue weighted by Gasteiger charge is 2.15. The summed E-state index contributed by atoms with van der Waals surface area (Å²) in [6, 6.07) is 9.80. The largest absolute Gasteiger partial charge is 0.363 e. The summed E-state index contributed by atoms with van der Waals surface area (Å²) >= 11 is 0. The van der Waals surface area contributed by atoms with Crippen LogP contribution in [0.1, 0.15) is 15.9 Å². The van der Waals surface area contributed by atoms with E-state index in [1.165, 1.54) is 18.3 Å². The quantitative estimate of drug-likeness (QED) is 0.567. The molecule has 0 spiro atoms. The van der Waals surface area contributed by atoms with E-state index < -0.39 is 0 Å². The fraction of sp³-hybridized carbons (Fsp3) is 0.143. The molecule has 0 bridgehead atoms. The van der Waals surface area contributed by atoms with Crippen LogP contribution in [0.4, 0.5) is 10.2 Å². The summed E-state index contributed by atoms with van der Waals surface area (Å²) in [5, 5.41) is 7.91. The van der Waals surface area contributed by atoms with Gasteiger partial charge in [-0.15, -0.1) is 0 Å². The van der Waals surface area contributed by atoms with E-state index >= 15 is 0 Å². The third kappa shape index (κ3) is 3.77. The molecule has 0 saturated carbocycles. The van der Waals surface area contributed by atoms with Crippen LogP contribution < -0.4 is 10.2 Å². The highest BCUT2D eigenvalue weighted by atomic mass is 19.1. The maximum atomic E-state index is 13.2. The molecule has 0 radical (unpaired) electrons. The van der Waals surface area contributed by atoms with Gasteiger partial charge in [0.25, 0.3) is 5.91 Å². The molecule has 3 heterocycles. The normalized spacial score (nSPS) is 10.9. The number of nitrogens with zero attached hydrogens (tertiary/aromatic N) is 5. The number of carbonyl (C=O) groups excluding carboxylic acids is 1. The standard InChI is InChI=1S/C21H19FN6O/c1-27(2)20-8-3-14(9-24-20)10-25-21(29)18-11-23-13-19-17(18)12-26-28(19)16-6-4-15(22)5-7-16/h3-9,11-13H,10H2,1-2H3,(H,25,29). The van der Waals surface area contributed by atoms with Crippen molar-refractivity contribution in [1.82, 2.24) is 25.1 Å². The van der Waals surface area contributed by atoms with Crippen LogP contribution in [0, 0.1) is 5.82 Å². The lowest BCUT2D eigenvalue weighted by molar-refractivity contribution is 0.0952. The number of nitrogens with one attached hydrogen (secondary N) is 1. The van der Waals surface area contributed by atoms with Crippen molar-refractivity contribution in [3.05, 3.63) is 78.1 Å². The van der Waals surface area contributed by atoms with Crippen molar-refractivity contribution in [2.24, 2.45) is 0 Å². The Morgan fingerprint density at radius 2 is 1.86 bits per heavy atom. The second-order valence-corrected chi connectivity index (χ2v) is 6.75. The Hall–Kier alpha value is -3.81. The number of fused-ring (bicyclic) bond motifs is 1. The number of hydrogen-bond acceptors (Lipinski definition) is 5. The topological polar surface area (TPSA) is 75.9 Å². The molecule has 146 valence electrons. The molecule has 3 aromatic heterocycles. The summed E-state index contributed by atoms with van der Waals surface area (Å²) in [4.78, 5) is 23.2. The number of halogens is 1. The number of hydrogen-bond donors (Lipinski definition) is 1. The van der Waals surface area contributed by atoms with Crippen molar-refractivity contribution in [2.75, 3.05) is 19.0 Å². The molecule has 7 nitrogen and oxygen atoms in total. The number of rotatable bonds is 5. The van der Waals surface area contributed by atoms with Gasteiger partial charge in [0.1, 0.15) is 11.6 Å². The molecule has 4 aromatic rings. The molecule has 1 N–H and O–H groups in total. The summed E-state index contributed by atoms with van der Waals surface area (Å²) < 4.78 is 14.8. The second-order valence-electron chi connectivity index (χ2n) is 6.75. The Bertz CT molecular complexity index is 1150. The molecule has 0 fully saturated rings. The molecular formula is C21H19FN6O. The summed E-state index contributed by atoms with van der Waals surface area (Å²) in [6.45, 7) is 0.349. The Balaban J connectivity index is 1.56. The van der Waals surface area contributed by atoms with E-state index in [2.05, 4.69) is 20.4 Å². The van der Waals surface area contributed by atoms with E-state index in [1.807, 2.05) is 31.1 Å². The molecule has 8 heteroatoms. The van der Waals surface area contributed by atoms with Crippen LogP contribution in [0.3, 0.4) is 0 Å². The van der Waals surface area contributed by atoms with Gasteiger partial charge in [-0.3, -0.25) is 9.78 Å². The molecular weight excluding hydrogens is 371 g/mol. The predicted octanol–water partition coefficient (Wildman–Crippen LogP) is 2.95. The SMILES string of the molecule is CN(C)c1ccc(CNC(=O)c2cncc3c2cnn3-c2ccc(F)cc2)cn1. The molecule has 1 aromatic carbocycles. The molecule has 0 unspecified atom stereocenters. The molecule has 29 heavy (non-hydrogen) atoms. The number of pyridine rings is 2. The minimum atomic E-state index is -0.323. The Labute approximate surface area is 166 Å². The second kappa shape index (κ2) is 7.67. The van der Waals surface area contributed by atoms with Gasteiger partial charge in [0.2, 0.25) is 0 Å². The van der Waals surface area contributed by atoms with Crippen molar-refractivity contribution in [1.29, 1.82) is 0 Å². The third-order valence-corrected chi connectivity index (χ3v) is 4.53. The number of carbonyl (C=O) groups is 1. The van der Waals surface area contributed by atoms with E-state index in [4.69, 9.17) is 0 Å². The lowest BCUT2D eigenvalue weighted by Gasteiger charge is -2.11. The highest BCUT2D eigenvalue weighted by molar-refractivity contribution is 6.05. The van der Waals surface area contributed by atoms with Crippen LogP contribution in [0.25, 0.3) is 16.6 Å². The molecule has 1 amide bonds. The van der Waals surface area contributed by atoms with E-state index in [-0.39, 0.29) is 11.7 Å². The molecule has 0 saturated heterocycles. The summed E-state index contributed by atoms with van der Waals surface area (Å²) in [5.41, 5.74) is 2.67. The first kappa shape index (κ1) is 18.5. The summed E-state index contributed by atoms with van der Waals surface area (Å²) in [7, 11) is 3.84. The fourth-order valence-electron chi connectivity index (χ4n) is 2.97. The minimum absolute atomic E-state index is 0.251. The van der Waals surface area contributed by atoms with Crippen LogP contribution in [0.15, 0.2) is 61.2 Å². The van der Waals surface area contributed by atoms with Crippen molar-refractivity contribution < 1.29 is 9.18 Å². The number of amides is 1. The van der Waals surface area contributed by atoms with Crippen LogP contribution >= 0.6 is 0 Å². The van der Waals surface area contributed by atoms with Gasteiger partial charge in [0.15, 0.2) is 0 Å². The van der Waals surface area contributed by atoms with E-state index in [0.717, 1.165) is 11.4 Å². The molecule has 0 aliphatic heterocycles. The lowest BCUT2D eigenvalue weighted by Crippen LogP contribution is -2.23. The van der Waals surface area contributed by atoms with Crippen molar-refractivity contribution in [3.63, 3.8) is 0 Å². The Kier molecular flexibility index (Phi) is 4.90. The van der Waals surface area contributed by atoms with Crippen LogP contribution in [-0.2, 0) is 6.54 Å². The lowest BCUT2D eigenvalue weighted by atomic mass is 10.1. The average molecular weight is 390 g/mol. The van der Waals surface area contributed by atoms with Crippen LogP contribution in [0.2, 0.25) is 0 Å². The highest BCUT2D eigenvalue weighted by Crippen LogP contribution is 2.21. The van der Waals surface area contributed by atoms with E-state index in [0.29, 0.717) is 28.7 Å². The third-order valence-electron chi connectivity index (χ3n) is 4.53. The van der Waals surface area contributed by atoms with Gasteiger partial charge >= 0.3 is 0 Å². The van der Waals surface area contributed by atoms with Gasteiger partial charge in [-0.25, -0.2) is 14.1 Å². The number of anilines is 1.